The summed E-state index contributed by atoms with van der Waals surface area (Å²) in [6, 6.07) is 6.01. The van der Waals surface area contributed by atoms with Gasteiger partial charge in [0.2, 0.25) is 0 Å². The van der Waals surface area contributed by atoms with Gasteiger partial charge in [0.05, 0.1) is 0 Å². The zero-order valence-electron chi connectivity index (χ0n) is 13.9. The van der Waals surface area contributed by atoms with Crippen LogP contribution in [0.3, 0.4) is 0 Å². The van der Waals surface area contributed by atoms with Gasteiger partial charge in [0.15, 0.2) is 5.96 Å². The molecule has 5 rings (SSSR count). The highest BCUT2D eigenvalue weighted by atomic mass is 15.1. The molecule has 4 bridgehead atoms. The summed E-state index contributed by atoms with van der Waals surface area (Å²) in [5, 5.41) is 3.25. The maximum Gasteiger partial charge on any atom is 0.188 e. The predicted molar refractivity (Wildman–Crippen MR) is 93.0 cm³/mol. The Morgan fingerprint density at radius 2 is 1.87 bits per heavy atom. The Balaban J connectivity index is 1.28. The fraction of sp³-hybridized carbons (Fsp3) is 0.684. The van der Waals surface area contributed by atoms with Gasteiger partial charge >= 0.3 is 0 Å². The Kier molecular flexibility index (Phi) is 4.00. The molecule has 1 aromatic rings. The van der Waals surface area contributed by atoms with Gasteiger partial charge in [0, 0.05) is 31.4 Å². The monoisotopic (exact) mass is 312 g/mol. The van der Waals surface area contributed by atoms with E-state index in [-0.39, 0.29) is 0 Å². The molecular formula is C19H28N4. The fourth-order valence-corrected chi connectivity index (χ4v) is 5.66. The summed E-state index contributed by atoms with van der Waals surface area (Å²) < 4.78 is 0. The van der Waals surface area contributed by atoms with Crippen molar-refractivity contribution in [3.8, 4) is 0 Å². The zero-order chi connectivity index (χ0) is 15.7. The van der Waals surface area contributed by atoms with Crippen molar-refractivity contribution in [1.82, 2.24) is 10.3 Å². The first-order valence-electron chi connectivity index (χ1n) is 9.14. The van der Waals surface area contributed by atoms with E-state index in [4.69, 9.17) is 10.7 Å². The summed E-state index contributed by atoms with van der Waals surface area (Å²) in [5.74, 6) is 3.55. The summed E-state index contributed by atoms with van der Waals surface area (Å²) in [5.41, 5.74) is 7.65. The summed E-state index contributed by atoms with van der Waals surface area (Å²) in [4.78, 5) is 9.04. The number of aliphatic imine (C=N–C) groups is 1. The van der Waals surface area contributed by atoms with Crippen LogP contribution in [0.15, 0.2) is 29.4 Å². The van der Waals surface area contributed by atoms with E-state index in [9.17, 15) is 0 Å². The maximum absolute atomic E-state index is 6.09. The molecule has 4 saturated carbocycles. The molecule has 0 saturated heterocycles. The van der Waals surface area contributed by atoms with Crippen molar-refractivity contribution in [2.75, 3.05) is 13.1 Å². The number of guanidine groups is 1. The molecule has 0 atom stereocenters. The number of aromatic nitrogens is 1. The zero-order valence-corrected chi connectivity index (χ0v) is 13.9. The van der Waals surface area contributed by atoms with Gasteiger partial charge in [-0.05, 0) is 73.8 Å². The molecule has 4 heteroatoms. The van der Waals surface area contributed by atoms with E-state index in [0.29, 0.717) is 11.4 Å². The van der Waals surface area contributed by atoms with Gasteiger partial charge in [-0.1, -0.05) is 6.07 Å². The van der Waals surface area contributed by atoms with Gasteiger partial charge in [-0.25, -0.2) is 0 Å². The van der Waals surface area contributed by atoms with E-state index in [2.05, 4.69) is 10.3 Å². The number of hydrogen-bond donors (Lipinski definition) is 2. The van der Waals surface area contributed by atoms with Crippen LogP contribution in [0.25, 0.3) is 0 Å². The summed E-state index contributed by atoms with van der Waals surface area (Å²) in [6.45, 7) is 1.73. The normalized spacial score (nSPS) is 35.5. The molecule has 1 heterocycles. The molecule has 0 aromatic carbocycles. The molecule has 23 heavy (non-hydrogen) atoms. The number of nitrogens with zero attached hydrogens (tertiary/aromatic N) is 2. The lowest BCUT2D eigenvalue weighted by atomic mass is 9.49. The van der Waals surface area contributed by atoms with Crippen LogP contribution in [0.2, 0.25) is 0 Å². The fourth-order valence-electron chi connectivity index (χ4n) is 5.66. The Morgan fingerprint density at radius 3 is 2.48 bits per heavy atom. The molecular weight excluding hydrogens is 284 g/mol. The molecule has 0 aliphatic heterocycles. The molecule has 4 nitrogen and oxygen atoms in total. The van der Waals surface area contributed by atoms with Crippen molar-refractivity contribution < 1.29 is 0 Å². The minimum atomic E-state index is 0.474. The quantitative estimate of drug-likeness (QED) is 0.649. The minimum absolute atomic E-state index is 0.474. The Labute approximate surface area is 139 Å². The lowest BCUT2D eigenvalue weighted by Gasteiger charge is -2.56. The minimum Gasteiger partial charge on any atom is -0.370 e. The number of pyridine rings is 1. The summed E-state index contributed by atoms with van der Waals surface area (Å²) in [7, 11) is 0. The van der Waals surface area contributed by atoms with Crippen molar-refractivity contribution in [1.29, 1.82) is 0 Å². The number of nitrogens with two attached hydrogens (primary N) is 1. The maximum atomic E-state index is 6.09. The van der Waals surface area contributed by atoms with Gasteiger partial charge in [0.25, 0.3) is 0 Å². The van der Waals surface area contributed by atoms with E-state index in [1.807, 2.05) is 24.4 Å². The highest BCUT2D eigenvalue weighted by Gasteiger charge is 2.50. The van der Waals surface area contributed by atoms with Crippen molar-refractivity contribution in [3.05, 3.63) is 30.1 Å². The first kappa shape index (κ1) is 15.0. The predicted octanol–water partition coefficient (Wildman–Crippen LogP) is 2.74. The van der Waals surface area contributed by atoms with Crippen LogP contribution in [0.4, 0.5) is 0 Å². The average Bonchev–Trinajstić information content (AvgIpc) is 2.53. The lowest BCUT2D eigenvalue weighted by Crippen LogP contribution is -2.48. The summed E-state index contributed by atoms with van der Waals surface area (Å²) in [6.07, 6.45) is 11.4. The van der Waals surface area contributed by atoms with Crippen LogP contribution in [-0.4, -0.2) is 24.0 Å². The second kappa shape index (κ2) is 6.14. The van der Waals surface area contributed by atoms with Crippen LogP contribution >= 0.6 is 0 Å². The Morgan fingerprint density at radius 1 is 1.17 bits per heavy atom. The molecule has 4 aliphatic rings. The second-order valence-electron chi connectivity index (χ2n) is 8.12. The van der Waals surface area contributed by atoms with Gasteiger partial charge in [-0.2, -0.15) is 0 Å². The molecule has 0 radical (unpaired) electrons. The second-order valence-corrected chi connectivity index (χ2v) is 8.12. The van der Waals surface area contributed by atoms with E-state index in [1.54, 1.807) is 0 Å². The van der Waals surface area contributed by atoms with Crippen LogP contribution < -0.4 is 11.1 Å². The topological polar surface area (TPSA) is 63.3 Å². The van der Waals surface area contributed by atoms with E-state index in [0.717, 1.165) is 43.0 Å². The van der Waals surface area contributed by atoms with Crippen molar-refractivity contribution >= 4 is 5.96 Å². The van der Waals surface area contributed by atoms with Gasteiger partial charge in [0.1, 0.15) is 0 Å². The molecule has 0 amide bonds. The smallest absolute Gasteiger partial charge is 0.188 e. The SMILES string of the molecule is NC(=NCC12CC3CC(CC(C3)C1)C2)NCCc1ccccn1. The third kappa shape index (κ3) is 3.36. The molecule has 0 unspecified atom stereocenters. The van der Waals surface area contributed by atoms with E-state index >= 15 is 0 Å². The molecule has 0 spiro atoms. The van der Waals surface area contributed by atoms with Crippen LogP contribution in [0.5, 0.6) is 0 Å². The summed E-state index contributed by atoms with van der Waals surface area (Å²) >= 11 is 0. The van der Waals surface area contributed by atoms with Crippen molar-refractivity contribution in [2.45, 2.75) is 44.9 Å². The molecule has 4 fully saturated rings. The third-order valence-corrected chi connectivity index (χ3v) is 6.16. The molecule has 1 aromatic heterocycles. The Hall–Kier alpha value is -1.58. The lowest BCUT2D eigenvalue weighted by molar-refractivity contribution is -0.0465. The van der Waals surface area contributed by atoms with Gasteiger partial charge in [-0.15, -0.1) is 0 Å². The highest BCUT2D eigenvalue weighted by molar-refractivity contribution is 5.77. The van der Waals surface area contributed by atoms with Crippen LogP contribution in [0, 0.1) is 23.2 Å². The van der Waals surface area contributed by atoms with Gasteiger partial charge < -0.3 is 11.1 Å². The standard InChI is InChI=1S/C19H28N4/c20-18(22-6-4-17-3-1-2-5-21-17)23-13-19-10-14-7-15(11-19)9-16(8-14)12-19/h1-3,5,14-16H,4,6-13H2,(H3,20,22,23). The van der Waals surface area contributed by atoms with Crippen molar-refractivity contribution in [3.63, 3.8) is 0 Å². The molecule has 3 N–H and O–H groups in total. The van der Waals surface area contributed by atoms with E-state index < -0.39 is 0 Å². The number of nitrogens with one attached hydrogen (secondary N) is 1. The van der Waals surface area contributed by atoms with Gasteiger partial charge in [-0.3, -0.25) is 9.98 Å². The molecule has 124 valence electrons. The first-order chi connectivity index (χ1) is 11.2. The first-order valence-corrected chi connectivity index (χ1v) is 9.14. The van der Waals surface area contributed by atoms with Crippen molar-refractivity contribution in [2.24, 2.45) is 33.9 Å². The third-order valence-electron chi connectivity index (χ3n) is 6.16. The highest BCUT2D eigenvalue weighted by Crippen LogP contribution is 2.60. The van der Waals surface area contributed by atoms with Crippen LogP contribution in [0.1, 0.15) is 44.2 Å². The molecule has 4 aliphatic carbocycles. The number of rotatable bonds is 5. The average molecular weight is 312 g/mol. The van der Waals surface area contributed by atoms with Crippen LogP contribution in [-0.2, 0) is 6.42 Å². The van der Waals surface area contributed by atoms with E-state index in [1.165, 1.54) is 38.5 Å². The largest absolute Gasteiger partial charge is 0.370 e. The number of hydrogen-bond acceptors (Lipinski definition) is 2. The Bertz CT molecular complexity index is 531.